The molecule has 3 nitrogen and oxygen atoms in total. The van der Waals surface area contributed by atoms with E-state index in [9.17, 15) is 4.79 Å². The number of hydrogen-bond acceptors (Lipinski definition) is 2. The molecule has 3 atom stereocenters. The fourth-order valence-electron chi connectivity index (χ4n) is 3.56. The molecule has 1 aromatic carbocycles. The molecule has 102 valence electrons. The van der Waals surface area contributed by atoms with Crippen molar-refractivity contribution in [3.8, 4) is 0 Å². The van der Waals surface area contributed by atoms with Crippen molar-refractivity contribution in [1.82, 2.24) is 4.90 Å². The Morgan fingerprint density at radius 1 is 1.42 bits per heavy atom. The molecule has 1 heterocycles. The standard InChI is InChI=1S/C16H22N2O/c1-11-5-4-8-18(15(11)10-17)16(19)14-9-12-6-2-3-7-13(12)14/h2-3,6-7,11,14-15H,4-5,8-10,17H2,1H3. The van der Waals surface area contributed by atoms with Crippen molar-refractivity contribution < 1.29 is 4.79 Å². The Labute approximate surface area is 114 Å². The summed E-state index contributed by atoms with van der Waals surface area (Å²) < 4.78 is 0. The molecule has 0 spiro atoms. The van der Waals surface area contributed by atoms with Crippen molar-refractivity contribution in [2.24, 2.45) is 11.7 Å². The lowest BCUT2D eigenvalue weighted by Crippen LogP contribution is -2.53. The Kier molecular flexibility index (Phi) is 3.31. The average Bonchev–Trinajstić information content (AvgIpc) is 2.39. The number of fused-ring (bicyclic) bond motifs is 1. The topological polar surface area (TPSA) is 46.3 Å². The molecule has 19 heavy (non-hydrogen) atoms. The van der Waals surface area contributed by atoms with Crippen LogP contribution >= 0.6 is 0 Å². The van der Waals surface area contributed by atoms with Crippen molar-refractivity contribution in [3.63, 3.8) is 0 Å². The van der Waals surface area contributed by atoms with Crippen molar-refractivity contribution in [3.05, 3.63) is 35.4 Å². The normalized spacial score (nSPS) is 29.6. The number of hydrogen-bond donors (Lipinski definition) is 1. The first-order chi connectivity index (χ1) is 9.22. The van der Waals surface area contributed by atoms with Crippen LogP contribution in [0.3, 0.4) is 0 Å². The lowest BCUT2D eigenvalue weighted by Gasteiger charge is -2.43. The SMILES string of the molecule is CC1CCCN(C(=O)C2Cc3ccccc32)C1CN. The average molecular weight is 258 g/mol. The summed E-state index contributed by atoms with van der Waals surface area (Å²) in [6.07, 6.45) is 3.20. The second-order valence-corrected chi connectivity index (χ2v) is 5.91. The summed E-state index contributed by atoms with van der Waals surface area (Å²) in [6.45, 7) is 3.68. The van der Waals surface area contributed by atoms with E-state index in [1.165, 1.54) is 17.5 Å². The lowest BCUT2D eigenvalue weighted by molar-refractivity contribution is -0.138. The number of piperidine rings is 1. The van der Waals surface area contributed by atoms with Gasteiger partial charge >= 0.3 is 0 Å². The van der Waals surface area contributed by atoms with Gasteiger partial charge in [0.25, 0.3) is 0 Å². The highest BCUT2D eigenvalue weighted by Gasteiger charge is 2.39. The van der Waals surface area contributed by atoms with E-state index in [0.29, 0.717) is 18.4 Å². The van der Waals surface area contributed by atoms with E-state index < -0.39 is 0 Å². The van der Waals surface area contributed by atoms with Crippen molar-refractivity contribution in [2.75, 3.05) is 13.1 Å². The molecule has 3 unspecified atom stereocenters. The van der Waals surface area contributed by atoms with Crippen LogP contribution in [0, 0.1) is 5.92 Å². The molecule has 1 amide bonds. The maximum absolute atomic E-state index is 12.7. The van der Waals surface area contributed by atoms with Crippen molar-refractivity contribution in [1.29, 1.82) is 0 Å². The Balaban J connectivity index is 1.78. The number of carbonyl (C=O) groups excluding carboxylic acids is 1. The minimum atomic E-state index is 0.0792. The fourth-order valence-corrected chi connectivity index (χ4v) is 3.56. The molecule has 1 aliphatic heterocycles. The number of benzene rings is 1. The van der Waals surface area contributed by atoms with Crippen LogP contribution in [-0.2, 0) is 11.2 Å². The third kappa shape index (κ3) is 2.06. The van der Waals surface area contributed by atoms with E-state index in [0.717, 1.165) is 19.4 Å². The molecule has 3 rings (SSSR count). The summed E-state index contributed by atoms with van der Waals surface area (Å²) in [5, 5.41) is 0. The van der Waals surface area contributed by atoms with Gasteiger partial charge in [-0.3, -0.25) is 4.79 Å². The summed E-state index contributed by atoms with van der Waals surface area (Å²) in [4.78, 5) is 14.8. The highest BCUT2D eigenvalue weighted by atomic mass is 16.2. The largest absolute Gasteiger partial charge is 0.338 e. The number of rotatable bonds is 2. The van der Waals surface area contributed by atoms with Gasteiger partial charge in [-0.1, -0.05) is 31.2 Å². The van der Waals surface area contributed by atoms with Crippen molar-refractivity contribution >= 4 is 5.91 Å². The molecule has 3 heteroatoms. The van der Waals surface area contributed by atoms with Gasteiger partial charge in [-0.25, -0.2) is 0 Å². The third-order valence-electron chi connectivity index (χ3n) is 4.79. The minimum absolute atomic E-state index is 0.0792. The zero-order valence-corrected chi connectivity index (χ0v) is 11.5. The van der Waals surface area contributed by atoms with Crippen LogP contribution in [0.1, 0.15) is 36.8 Å². The van der Waals surface area contributed by atoms with Crippen LogP contribution in [0.5, 0.6) is 0 Å². The molecule has 1 fully saturated rings. The summed E-state index contributed by atoms with van der Waals surface area (Å²) >= 11 is 0. The quantitative estimate of drug-likeness (QED) is 0.881. The Hall–Kier alpha value is -1.35. The molecular weight excluding hydrogens is 236 g/mol. The van der Waals surface area contributed by atoms with Crippen LogP contribution in [-0.4, -0.2) is 29.9 Å². The molecule has 1 aliphatic carbocycles. The highest BCUT2D eigenvalue weighted by molar-refractivity contribution is 5.87. The second-order valence-electron chi connectivity index (χ2n) is 5.91. The third-order valence-corrected chi connectivity index (χ3v) is 4.79. The van der Waals surface area contributed by atoms with E-state index in [4.69, 9.17) is 5.73 Å². The summed E-state index contributed by atoms with van der Waals surface area (Å²) in [6, 6.07) is 8.52. The summed E-state index contributed by atoms with van der Waals surface area (Å²) in [5.74, 6) is 0.897. The maximum atomic E-state index is 12.7. The molecule has 1 saturated heterocycles. The molecule has 1 aromatic rings. The zero-order chi connectivity index (χ0) is 13.4. The van der Waals surface area contributed by atoms with Gasteiger partial charge < -0.3 is 10.6 Å². The van der Waals surface area contributed by atoms with E-state index in [-0.39, 0.29) is 12.0 Å². The van der Waals surface area contributed by atoms with Gasteiger partial charge in [-0.15, -0.1) is 0 Å². The predicted molar refractivity (Wildman–Crippen MR) is 75.8 cm³/mol. The van der Waals surface area contributed by atoms with Gasteiger partial charge in [-0.05, 0) is 36.3 Å². The first-order valence-corrected chi connectivity index (χ1v) is 7.30. The first kappa shape index (κ1) is 12.7. The number of nitrogens with two attached hydrogens (primary N) is 1. The van der Waals surface area contributed by atoms with Crippen LogP contribution < -0.4 is 5.73 Å². The predicted octanol–water partition coefficient (Wildman–Crippen LogP) is 1.91. The fraction of sp³-hybridized carbons (Fsp3) is 0.562. The monoisotopic (exact) mass is 258 g/mol. The van der Waals surface area contributed by atoms with E-state index in [1.54, 1.807) is 0 Å². The molecule has 0 saturated carbocycles. The molecular formula is C16H22N2O. The number of amides is 1. The van der Waals surface area contributed by atoms with Gasteiger partial charge in [0.05, 0.1) is 5.92 Å². The molecule has 0 aromatic heterocycles. The van der Waals surface area contributed by atoms with Gasteiger partial charge in [-0.2, -0.15) is 0 Å². The van der Waals surface area contributed by atoms with Crippen LogP contribution in [0.4, 0.5) is 0 Å². The van der Waals surface area contributed by atoms with Crippen LogP contribution in [0.25, 0.3) is 0 Å². The van der Waals surface area contributed by atoms with E-state index in [2.05, 4.69) is 24.0 Å². The van der Waals surface area contributed by atoms with Crippen LogP contribution in [0.15, 0.2) is 24.3 Å². The second kappa shape index (κ2) is 4.97. The van der Waals surface area contributed by atoms with Gasteiger partial charge in [0.1, 0.15) is 0 Å². The Morgan fingerprint density at radius 3 is 2.95 bits per heavy atom. The molecule has 2 N–H and O–H groups in total. The molecule has 0 radical (unpaired) electrons. The van der Waals surface area contributed by atoms with Crippen molar-refractivity contribution in [2.45, 2.75) is 38.1 Å². The Morgan fingerprint density at radius 2 is 2.21 bits per heavy atom. The van der Waals surface area contributed by atoms with Crippen LogP contribution in [0.2, 0.25) is 0 Å². The molecule has 2 aliphatic rings. The minimum Gasteiger partial charge on any atom is -0.338 e. The number of carbonyl (C=O) groups is 1. The zero-order valence-electron chi connectivity index (χ0n) is 11.5. The number of likely N-dealkylation sites (tertiary alicyclic amines) is 1. The first-order valence-electron chi connectivity index (χ1n) is 7.30. The summed E-state index contributed by atoms with van der Waals surface area (Å²) in [5.41, 5.74) is 8.43. The summed E-state index contributed by atoms with van der Waals surface area (Å²) in [7, 11) is 0. The number of nitrogens with zero attached hydrogens (tertiary/aromatic N) is 1. The van der Waals surface area contributed by atoms with Gasteiger partial charge in [0.15, 0.2) is 0 Å². The van der Waals surface area contributed by atoms with E-state index in [1.807, 2.05) is 12.1 Å². The highest BCUT2D eigenvalue weighted by Crippen LogP contribution is 2.37. The molecule has 0 bridgehead atoms. The van der Waals surface area contributed by atoms with E-state index >= 15 is 0 Å². The maximum Gasteiger partial charge on any atom is 0.230 e. The van der Waals surface area contributed by atoms with Gasteiger partial charge in [0, 0.05) is 19.1 Å². The smallest absolute Gasteiger partial charge is 0.230 e. The lowest BCUT2D eigenvalue weighted by atomic mass is 9.76. The Bertz CT molecular complexity index is 485. The van der Waals surface area contributed by atoms with Gasteiger partial charge in [0.2, 0.25) is 5.91 Å².